The molecule has 0 aromatic rings. The number of rotatable bonds is 0. The van der Waals surface area contributed by atoms with Crippen molar-refractivity contribution in [2.75, 3.05) is 0 Å². The van der Waals surface area contributed by atoms with Gasteiger partial charge in [0, 0.05) is 5.41 Å². The highest BCUT2D eigenvalue weighted by atomic mass is 16.3. The van der Waals surface area contributed by atoms with E-state index in [2.05, 4.69) is 0 Å². The van der Waals surface area contributed by atoms with Crippen molar-refractivity contribution in [3.05, 3.63) is 0 Å². The molecule has 0 bridgehead atoms. The SMILES string of the molecule is O[C@@H]1CCC[C@]23CCC[C@]12CC3. The van der Waals surface area contributed by atoms with Gasteiger partial charge >= 0.3 is 0 Å². The molecular formula is C11H18O. The Bertz CT molecular complexity index is 213. The van der Waals surface area contributed by atoms with Gasteiger partial charge in [-0.1, -0.05) is 12.8 Å². The number of hydrogen-bond donors (Lipinski definition) is 1. The predicted octanol–water partition coefficient (Wildman–Crippen LogP) is 2.48. The molecule has 3 atom stereocenters. The van der Waals surface area contributed by atoms with Gasteiger partial charge in [0.05, 0.1) is 6.10 Å². The fourth-order valence-electron chi connectivity index (χ4n) is 4.40. The van der Waals surface area contributed by atoms with E-state index < -0.39 is 0 Å². The first-order chi connectivity index (χ1) is 5.79. The molecule has 0 radical (unpaired) electrons. The van der Waals surface area contributed by atoms with Gasteiger partial charge < -0.3 is 5.11 Å². The third kappa shape index (κ3) is 0.585. The molecule has 12 heavy (non-hydrogen) atoms. The summed E-state index contributed by atoms with van der Waals surface area (Å²) in [6.45, 7) is 0. The summed E-state index contributed by atoms with van der Waals surface area (Å²) in [7, 11) is 0. The summed E-state index contributed by atoms with van der Waals surface area (Å²) in [5, 5.41) is 10.1. The first-order valence-electron chi connectivity index (χ1n) is 5.47. The van der Waals surface area contributed by atoms with Crippen LogP contribution in [0.4, 0.5) is 0 Å². The van der Waals surface area contributed by atoms with Crippen LogP contribution in [0.3, 0.4) is 0 Å². The molecule has 3 aliphatic carbocycles. The average molecular weight is 166 g/mol. The normalized spacial score (nSPS) is 57.2. The van der Waals surface area contributed by atoms with Crippen LogP contribution >= 0.6 is 0 Å². The first-order valence-corrected chi connectivity index (χ1v) is 5.47. The maximum absolute atomic E-state index is 10.1. The van der Waals surface area contributed by atoms with Gasteiger partial charge in [-0.05, 0) is 43.9 Å². The van der Waals surface area contributed by atoms with E-state index in [1.165, 1.54) is 44.9 Å². The molecule has 0 aromatic carbocycles. The molecule has 1 heteroatoms. The van der Waals surface area contributed by atoms with Gasteiger partial charge in [0.1, 0.15) is 0 Å². The minimum atomic E-state index is 0.0579. The Hall–Kier alpha value is -0.0400. The zero-order valence-corrected chi connectivity index (χ0v) is 7.68. The van der Waals surface area contributed by atoms with E-state index >= 15 is 0 Å². The van der Waals surface area contributed by atoms with Crippen LogP contribution in [0.25, 0.3) is 0 Å². The topological polar surface area (TPSA) is 20.2 Å². The van der Waals surface area contributed by atoms with Crippen molar-refractivity contribution in [1.29, 1.82) is 0 Å². The third-order valence-electron chi connectivity index (χ3n) is 5.15. The van der Waals surface area contributed by atoms with E-state index in [1.54, 1.807) is 0 Å². The second kappa shape index (κ2) is 2.06. The summed E-state index contributed by atoms with van der Waals surface area (Å²) in [5.41, 5.74) is 1.05. The monoisotopic (exact) mass is 166 g/mol. The zero-order chi connectivity index (χ0) is 8.23. The van der Waals surface area contributed by atoms with E-state index in [4.69, 9.17) is 0 Å². The fraction of sp³-hybridized carbons (Fsp3) is 1.00. The molecule has 0 aromatic heterocycles. The molecule has 0 saturated heterocycles. The van der Waals surface area contributed by atoms with Gasteiger partial charge in [0.15, 0.2) is 0 Å². The summed E-state index contributed by atoms with van der Waals surface area (Å²) in [4.78, 5) is 0. The molecule has 1 nitrogen and oxygen atoms in total. The summed E-state index contributed by atoms with van der Waals surface area (Å²) >= 11 is 0. The summed E-state index contributed by atoms with van der Waals surface area (Å²) in [6, 6.07) is 0. The van der Waals surface area contributed by atoms with Crippen LogP contribution in [-0.2, 0) is 0 Å². The number of aliphatic hydroxyl groups excluding tert-OH is 1. The Morgan fingerprint density at radius 1 is 0.917 bits per heavy atom. The van der Waals surface area contributed by atoms with Crippen LogP contribution in [0.5, 0.6) is 0 Å². The second-order valence-electron chi connectivity index (χ2n) is 5.20. The zero-order valence-electron chi connectivity index (χ0n) is 7.68. The molecular weight excluding hydrogens is 148 g/mol. The lowest BCUT2D eigenvalue weighted by molar-refractivity contribution is -0.167. The van der Waals surface area contributed by atoms with Crippen molar-refractivity contribution in [2.24, 2.45) is 10.8 Å². The molecule has 0 aliphatic heterocycles. The Morgan fingerprint density at radius 2 is 1.75 bits per heavy atom. The summed E-state index contributed by atoms with van der Waals surface area (Å²) < 4.78 is 0. The summed E-state index contributed by atoms with van der Waals surface area (Å²) in [5.74, 6) is 0. The van der Waals surface area contributed by atoms with Crippen molar-refractivity contribution in [2.45, 2.75) is 57.5 Å². The standard InChI is InChI=1S/C11H18O/c12-9-3-1-4-10-5-2-6-11(9,10)8-7-10/h9,12H,1-8H2/t9-,10-,11+/m1/s1. The van der Waals surface area contributed by atoms with Gasteiger partial charge in [0.2, 0.25) is 0 Å². The Kier molecular flexibility index (Phi) is 1.27. The Labute approximate surface area is 74.2 Å². The van der Waals surface area contributed by atoms with Crippen LogP contribution in [0.2, 0.25) is 0 Å². The average Bonchev–Trinajstić information content (AvgIpc) is 2.31. The van der Waals surface area contributed by atoms with Gasteiger partial charge in [-0.15, -0.1) is 0 Å². The molecule has 68 valence electrons. The van der Waals surface area contributed by atoms with Crippen molar-refractivity contribution >= 4 is 0 Å². The highest BCUT2D eigenvalue weighted by Crippen LogP contribution is 2.72. The molecule has 3 aliphatic rings. The van der Waals surface area contributed by atoms with Crippen molar-refractivity contribution in [1.82, 2.24) is 0 Å². The van der Waals surface area contributed by atoms with Crippen LogP contribution in [0.15, 0.2) is 0 Å². The molecule has 0 amide bonds. The molecule has 1 N–H and O–H groups in total. The van der Waals surface area contributed by atoms with Gasteiger partial charge in [-0.2, -0.15) is 0 Å². The maximum atomic E-state index is 10.1. The smallest absolute Gasteiger partial charge is 0.0601 e. The lowest BCUT2D eigenvalue weighted by atomic mass is 9.44. The van der Waals surface area contributed by atoms with Crippen LogP contribution in [0.1, 0.15) is 51.4 Å². The van der Waals surface area contributed by atoms with E-state index in [1.807, 2.05) is 0 Å². The third-order valence-corrected chi connectivity index (χ3v) is 5.15. The van der Waals surface area contributed by atoms with Gasteiger partial charge in [-0.3, -0.25) is 0 Å². The lowest BCUT2D eigenvalue weighted by Crippen LogP contribution is -2.56. The first kappa shape index (κ1) is 7.37. The van der Waals surface area contributed by atoms with E-state index in [9.17, 15) is 5.11 Å². The van der Waals surface area contributed by atoms with E-state index in [0.29, 0.717) is 10.8 Å². The van der Waals surface area contributed by atoms with Crippen LogP contribution < -0.4 is 0 Å². The molecule has 3 rings (SSSR count). The van der Waals surface area contributed by atoms with Gasteiger partial charge in [-0.25, -0.2) is 0 Å². The Morgan fingerprint density at radius 3 is 2.42 bits per heavy atom. The highest BCUT2D eigenvalue weighted by Gasteiger charge is 2.65. The predicted molar refractivity (Wildman–Crippen MR) is 47.8 cm³/mol. The lowest BCUT2D eigenvalue weighted by Gasteiger charge is -2.61. The van der Waals surface area contributed by atoms with Crippen molar-refractivity contribution < 1.29 is 5.11 Å². The minimum absolute atomic E-state index is 0.0579. The fourth-order valence-corrected chi connectivity index (χ4v) is 4.40. The largest absolute Gasteiger partial charge is 0.393 e. The molecule has 0 heterocycles. The molecule has 3 fully saturated rings. The van der Waals surface area contributed by atoms with Crippen LogP contribution in [-0.4, -0.2) is 11.2 Å². The van der Waals surface area contributed by atoms with E-state index in [-0.39, 0.29) is 6.10 Å². The number of aliphatic hydroxyl groups is 1. The van der Waals surface area contributed by atoms with Crippen LogP contribution in [0, 0.1) is 10.8 Å². The highest BCUT2D eigenvalue weighted by molar-refractivity contribution is 5.15. The van der Waals surface area contributed by atoms with Crippen molar-refractivity contribution in [3.63, 3.8) is 0 Å². The van der Waals surface area contributed by atoms with Gasteiger partial charge in [0.25, 0.3) is 0 Å². The summed E-state index contributed by atoms with van der Waals surface area (Å²) in [6.07, 6.45) is 10.7. The molecule has 0 unspecified atom stereocenters. The number of hydrogen-bond acceptors (Lipinski definition) is 1. The van der Waals surface area contributed by atoms with Crippen molar-refractivity contribution in [3.8, 4) is 0 Å². The quantitative estimate of drug-likeness (QED) is 0.586. The molecule has 0 spiro atoms. The van der Waals surface area contributed by atoms with E-state index in [0.717, 1.165) is 6.42 Å². The Balaban J connectivity index is 1.99. The maximum Gasteiger partial charge on any atom is 0.0601 e. The second-order valence-corrected chi connectivity index (χ2v) is 5.20. The molecule has 3 saturated carbocycles. The minimum Gasteiger partial charge on any atom is -0.393 e.